The number of guanidine groups is 1. The van der Waals surface area contributed by atoms with Crippen molar-refractivity contribution in [3.05, 3.63) is 0 Å². The standard InChI is InChI=1S/C13H26N4O2/c1-3-15-13(16-6-8-19-2)17-7-4-5-11(10-17)9-12(14)18/h11H,3-10H2,1-2H3,(H2,14,18)(H,15,16). The predicted octanol–water partition coefficient (Wildman–Crippen LogP) is 0.186. The Morgan fingerprint density at radius 3 is 3.00 bits per heavy atom. The number of carbonyl (C=O) groups excluding carboxylic acids is 1. The van der Waals surface area contributed by atoms with E-state index in [9.17, 15) is 4.79 Å². The summed E-state index contributed by atoms with van der Waals surface area (Å²) in [4.78, 5) is 17.8. The molecule has 1 amide bonds. The van der Waals surface area contributed by atoms with E-state index in [0.717, 1.165) is 38.4 Å². The number of aliphatic imine (C=N–C) groups is 1. The van der Waals surface area contributed by atoms with Crippen molar-refractivity contribution in [1.29, 1.82) is 0 Å². The number of carbonyl (C=O) groups is 1. The summed E-state index contributed by atoms with van der Waals surface area (Å²) in [5.41, 5.74) is 5.28. The fraction of sp³-hybridized carbons (Fsp3) is 0.846. The molecule has 1 atom stereocenters. The highest BCUT2D eigenvalue weighted by Crippen LogP contribution is 2.19. The quantitative estimate of drug-likeness (QED) is 0.410. The lowest BCUT2D eigenvalue weighted by Crippen LogP contribution is -2.47. The first kappa shape index (κ1) is 15.8. The second-order valence-electron chi connectivity index (χ2n) is 4.85. The molecule has 0 radical (unpaired) electrons. The van der Waals surface area contributed by atoms with Crippen LogP contribution in [0.1, 0.15) is 26.2 Å². The average Bonchev–Trinajstić information content (AvgIpc) is 2.37. The molecule has 110 valence electrons. The van der Waals surface area contributed by atoms with Crippen LogP contribution in [0.25, 0.3) is 0 Å². The fourth-order valence-corrected chi connectivity index (χ4v) is 2.38. The van der Waals surface area contributed by atoms with Gasteiger partial charge in [0.2, 0.25) is 5.91 Å². The van der Waals surface area contributed by atoms with Crippen LogP contribution in [0.3, 0.4) is 0 Å². The number of methoxy groups -OCH3 is 1. The number of nitrogens with zero attached hydrogens (tertiary/aromatic N) is 2. The summed E-state index contributed by atoms with van der Waals surface area (Å²) in [5, 5.41) is 3.29. The highest BCUT2D eigenvalue weighted by atomic mass is 16.5. The van der Waals surface area contributed by atoms with E-state index in [4.69, 9.17) is 10.5 Å². The van der Waals surface area contributed by atoms with Crippen LogP contribution in [0.15, 0.2) is 4.99 Å². The lowest BCUT2D eigenvalue weighted by atomic mass is 9.95. The molecule has 19 heavy (non-hydrogen) atoms. The van der Waals surface area contributed by atoms with Gasteiger partial charge in [0.25, 0.3) is 0 Å². The summed E-state index contributed by atoms with van der Waals surface area (Å²) in [6.45, 7) is 5.98. The average molecular weight is 270 g/mol. The number of amides is 1. The maximum absolute atomic E-state index is 11.0. The van der Waals surface area contributed by atoms with E-state index in [1.807, 2.05) is 0 Å². The predicted molar refractivity (Wildman–Crippen MR) is 76.0 cm³/mol. The molecular formula is C13H26N4O2. The van der Waals surface area contributed by atoms with Gasteiger partial charge in [-0.3, -0.25) is 9.79 Å². The van der Waals surface area contributed by atoms with Gasteiger partial charge in [-0.15, -0.1) is 0 Å². The van der Waals surface area contributed by atoms with Crippen LogP contribution in [0.2, 0.25) is 0 Å². The fourth-order valence-electron chi connectivity index (χ4n) is 2.38. The van der Waals surface area contributed by atoms with Crippen LogP contribution >= 0.6 is 0 Å². The van der Waals surface area contributed by atoms with Crippen molar-refractivity contribution in [2.45, 2.75) is 26.2 Å². The normalized spacial score (nSPS) is 20.4. The summed E-state index contributed by atoms with van der Waals surface area (Å²) in [5.74, 6) is 1.04. The first-order valence-electron chi connectivity index (χ1n) is 6.97. The van der Waals surface area contributed by atoms with Crippen molar-refractivity contribution in [2.75, 3.05) is 39.9 Å². The zero-order chi connectivity index (χ0) is 14.1. The van der Waals surface area contributed by atoms with Gasteiger partial charge in [0.1, 0.15) is 0 Å². The number of primary amides is 1. The van der Waals surface area contributed by atoms with Gasteiger partial charge in [-0.2, -0.15) is 0 Å². The van der Waals surface area contributed by atoms with Gasteiger partial charge in [-0.1, -0.05) is 0 Å². The Bertz CT molecular complexity index is 307. The van der Waals surface area contributed by atoms with Crippen molar-refractivity contribution in [2.24, 2.45) is 16.6 Å². The number of nitrogens with one attached hydrogen (secondary N) is 1. The van der Waals surface area contributed by atoms with Gasteiger partial charge in [0.15, 0.2) is 5.96 Å². The minimum absolute atomic E-state index is 0.215. The number of likely N-dealkylation sites (tertiary alicyclic amines) is 1. The Morgan fingerprint density at radius 1 is 1.58 bits per heavy atom. The first-order chi connectivity index (χ1) is 9.17. The highest BCUT2D eigenvalue weighted by molar-refractivity contribution is 5.80. The molecule has 0 aromatic heterocycles. The molecule has 1 aliphatic rings. The lowest BCUT2D eigenvalue weighted by Gasteiger charge is -2.34. The molecule has 1 saturated heterocycles. The van der Waals surface area contributed by atoms with Gasteiger partial charge < -0.3 is 20.7 Å². The molecule has 0 saturated carbocycles. The largest absolute Gasteiger partial charge is 0.383 e. The number of rotatable bonds is 6. The summed E-state index contributed by atoms with van der Waals surface area (Å²) in [7, 11) is 1.67. The summed E-state index contributed by atoms with van der Waals surface area (Å²) in [6.07, 6.45) is 2.61. The topological polar surface area (TPSA) is 80.0 Å². The lowest BCUT2D eigenvalue weighted by molar-refractivity contribution is -0.119. The molecule has 0 aromatic rings. The molecule has 1 unspecified atom stereocenters. The first-order valence-corrected chi connectivity index (χ1v) is 6.97. The third-order valence-corrected chi connectivity index (χ3v) is 3.20. The Hall–Kier alpha value is -1.30. The van der Waals surface area contributed by atoms with Gasteiger partial charge in [0, 0.05) is 33.2 Å². The van der Waals surface area contributed by atoms with Gasteiger partial charge >= 0.3 is 0 Å². The number of ether oxygens (including phenoxy) is 1. The summed E-state index contributed by atoms with van der Waals surface area (Å²) in [6, 6.07) is 0. The second kappa shape index (κ2) is 8.74. The van der Waals surface area contributed by atoms with E-state index in [-0.39, 0.29) is 5.91 Å². The van der Waals surface area contributed by atoms with Crippen LogP contribution in [0, 0.1) is 5.92 Å². The van der Waals surface area contributed by atoms with E-state index < -0.39 is 0 Å². The number of hydrogen-bond donors (Lipinski definition) is 2. The molecule has 0 spiro atoms. The van der Waals surface area contributed by atoms with Crippen molar-refractivity contribution in [3.63, 3.8) is 0 Å². The SMILES string of the molecule is CCNC(=NCCOC)N1CCCC(CC(N)=O)C1. The highest BCUT2D eigenvalue weighted by Gasteiger charge is 2.23. The minimum atomic E-state index is -0.215. The molecule has 3 N–H and O–H groups in total. The van der Waals surface area contributed by atoms with Crippen molar-refractivity contribution < 1.29 is 9.53 Å². The Morgan fingerprint density at radius 2 is 2.37 bits per heavy atom. The maximum atomic E-state index is 11.0. The zero-order valence-corrected chi connectivity index (χ0v) is 12.0. The summed E-state index contributed by atoms with van der Waals surface area (Å²) >= 11 is 0. The maximum Gasteiger partial charge on any atom is 0.217 e. The number of piperidine rings is 1. The van der Waals surface area contributed by atoms with Crippen LogP contribution in [0.4, 0.5) is 0 Å². The molecule has 1 fully saturated rings. The third-order valence-electron chi connectivity index (χ3n) is 3.20. The molecule has 6 nitrogen and oxygen atoms in total. The number of hydrogen-bond acceptors (Lipinski definition) is 3. The Balaban J connectivity index is 2.56. The molecule has 0 bridgehead atoms. The molecule has 1 aliphatic heterocycles. The van der Waals surface area contributed by atoms with E-state index in [1.165, 1.54) is 0 Å². The van der Waals surface area contributed by atoms with Crippen LogP contribution in [0.5, 0.6) is 0 Å². The van der Waals surface area contributed by atoms with Gasteiger partial charge in [-0.25, -0.2) is 0 Å². The van der Waals surface area contributed by atoms with Gasteiger partial charge in [0.05, 0.1) is 13.2 Å². The van der Waals surface area contributed by atoms with E-state index in [0.29, 0.717) is 25.5 Å². The van der Waals surface area contributed by atoms with Crippen LogP contribution < -0.4 is 11.1 Å². The monoisotopic (exact) mass is 270 g/mol. The van der Waals surface area contributed by atoms with E-state index >= 15 is 0 Å². The zero-order valence-electron chi connectivity index (χ0n) is 12.0. The molecular weight excluding hydrogens is 244 g/mol. The minimum Gasteiger partial charge on any atom is -0.383 e. The second-order valence-corrected chi connectivity index (χ2v) is 4.85. The smallest absolute Gasteiger partial charge is 0.217 e. The molecule has 1 rings (SSSR count). The molecule has 0 aromatic carbocycles. The Kier molecular flexibility index (Phi) is 7.25. The molecule has 1 heterocycles. The van der Waals surface area contributed by atoms with Crippen molar-refractivity contribution in [1.82, 2.24) is 10.2 Å². The van der Waals surface area contributed by atoms with E-state index in [2.05, 4.69) is 22.1 Å². The molecule has 6 heteroatoms. The van der Waals surface area contributed by atoms with Crippen molar-refractivity contribution in [3.8, 4) is 0 Å². The van der Waals surface area contributed by atoms with Crippen molar-refractivity contribution >= 4 is 11.9 Å². The third kappa shape index (κ3) is 5.92. The Labute approximate surface area is 115 Å². The van der Waals surface area contributed by atoms with Crippen LogP contribution in [-0.2, 0) is 9.53 Å². The summed E-state index contributed by atoms with van der Waals surface area (Å²) < 4.78 is 5.02. The number of nitrogens with two attached hydrogens (primary N) is 1. The molecule has 0 aliphatic carbocycles. The van der Waals surface area contributed by atoms with Gasteiger partial charge in [-0.05, 0) is 25.7 Å². The van der Waals surface area contributed by atoms with Crippen LogP contribution in [-0.4, -0.2) is 56.7 Å². The van der Waals surface area contributed by atoms with E-state index in [1.54, 1.807) is 7.11 Å².